The lowest BCUT2D eigenvalue weighted by molar-refractivity contribution is 0.0600. The number of ether oxygens (including phenoxy) is 1. The summed E-state index contributed by atoms with van der Waals surface area (Å²) < 4.78 is 4.74. The van der Waals surface area contributed by atoms with Crippen molar-refractivity contribution in [3.63, 3.8) is 0 Å². The van der Waals surface area contributed by atoms with Crippen LogP contribution >= 0.6 is 11.8 Å². The highest BCUT2D eigenvalue weighted by molar-refractivity contribution is 7.99. The predicted molar refractivity (Wildman–Crippen MR) is 117 cm³/mol. The number of nitrogens with zero attached hydrogens (tertiary/aromatic N) is 1. The first-order valence-electron chi connectivity index (χ1n) is 9.79. The van der Waals surface area contributed by atoms with E-state index in [0.29, 0.717) is 5.56 Å². The molecule has 0 amide bonds. The summed E-state index contributed by atoms with van der Waals surface area (Å²) >= 11 is 1.76. The van der Waals surface area contributed by atoms with Crippen LogP contribution in [-0.4, -0.2) is 23.8 Å². The Kier molecular flexibility index (Phi) is 7.10. The summed E-state index contributed by atoms with van der Waals surface area (Å²) in [7, 11) is 1.39. The van der Waals surface area contributed by atoms with E-state index in [4.69, 9.17) is 4.74 Å². The predicted octanol–water partition coefficient (Wildman–Crippen LogP) is 6.14. The second-order valence-electron chi connectivity index (χ2n) is 7.11. The first kappa shape index (κ1) is 20.4. The zero-order valence-corrected chi connectivity index (χ0v) is 17.6. The minimum atomic E-state index is -0.311. The monoisotopic (exact) mass is 393 g/mol. The van der Waals surface area contributed by atoms with Crippen molar-refractivity contribution >= 4 is 28.5 Å². The van der Waals surface area contributed by atoms with Crippen LogP contribution in [-0.2, 0) is 11.2 Å². The van der Waals surface area contributed by atoms with Gasteiger partial charge in [-0.05, 0) is 46.7 Å². The van der Waals surface area contributed by atoms with Crippen molar-refractivity contribution in [2.24, 2.45) is 5.92 Å². The highest BCUT2D eigenvalue weighted by Crippen LogP contribution is 2.29. The number of esters is 1. The van der Waals surface area contributed by atoms with Gasteiger partial charge in [0.15, 0.2) is 0 Å². The third-order valence-corrected chi connectivity index (χ3v) is 5.65. The van der Waals surface area contributed by atoms with Gasteiger partial charge in [-0.3, -0.25) is 0 Å². The number of thioether (sulfide) groups is 1. The molecule has 1 aliphatic carbocycles. The molecule has 1 aliphatic rings. The summed E-state index contributed by atoms with van der Waals surface area (Å²) in [6.07, 6.45) is 5.72. The van der Waals surface area contributed by atoms with Crippen molar-refractivity contribution < 1.29 is 9.53 Å². The Balaban J connectivity index is 0.000000500. The van der Waals surface area contributed by atoms with E-state index in [1.165, 1.54) is 36.3 Å². The van der Waals surface area contributed by atoms with Gasteiger partial charge < -0.3 is 4.74 Å². The maximum atomic E-state index is 11.5. The maximum Gasteiger partial charge on any atom is 0.337 e. The summed E-state index contributed by atoms with van der Waals surface area (Å²) in [5.74, 6) is 1.78. The number of aromatic nitrogens is 1. The highest BCUT2D eigenvalue weighted by atomic mass is 32.2. The van der Waals surface area contributed by atoms with E-state index in [0.717, 1.165) is 28.7 Å². The van der Waals surface area contributed by atoms with Gasteiger partial charge in [0.05, 0.1) is 12.7 Å². The molecular weight excluding hydrogens is 366 g/mol. The first-order valence-corrected chi connectivity index (χ1v) is 10.8. The van der Waals surface area contributed by atoms with Crippen molar-refractivity contribution in [2.75, 3.05) is 12.9 Å². The Labute approximate surface area is 171 Å². The second kappa shape index (κ2) is 9.74. The van der Waals surface area contributed by atoms with Crippen molar-refractivity contribution in [1.82, 2.24) is 4.98 Å². The number of methoxy groups -OCH3 is 1. The molecule has 1 fully saturated rings. The molecule has 3 aromatic rings. The van der Waals surface area contributed by atoms with E-state index < -0.39 is 0 Å². The Morgan fingerprint density at radius 2 is 1.75 bits per heavy atom. The SMILES string of the molecule is CC1CC1.CCSc1ncc(Cc2ccc(C(=O)OC)cc2)c2ccccc12. The molecule has 1 saturated carbocycles. The average Bonchev–Trinajstić information content (AvgIpc) is 3.52. The fourth-order valence-corrected chi connectivity index (χ4v) is 3.62. The van der Waals surface area contributed by atoms with E-state index in [-0.39, 0.29) is 5.97 Å². The minimum absolute atomic E-state index is 0.311. The van der Waals surface area contributed by atoms with Crippen LogP contribution in [0.1, 0.15) is 48.2 Å². The molecule has 3 nitrogen and oxygen atoms in total. The van der Waals surface area contributed by atoms with Crippen molar-refractivity contribution in [3.8, 4) is 0 Å². The molecule has 1 heterocycles. The van der Waals surface area contributed by atoms with Crippen molar-refractivity contribution in [3.05, 3.63) is 71.4 Å². The van der Waals surface area contributed by atoms with Gasteiger partial charge in [-0.15, -0.1) is 11.8 Å². The molecule has 1 aromatic heterocycles. The van der Waals surface area contributed by atoms with Gasteiger partial charge in [-0.1, -0.05) is 63.1 Å². The van der Waals surface area contributed by atoms with Gasteiger partial charge in [0.2, 0.25) is 0 Å². The van der Waals surface area contributed by atoms with Crippen LogP contribution in [0.5, 0.6) is 0 Å². The quantitative estimate of drug-likeness (QED) is 0.385. The standard InChI is InChI=1S/C20H19NO2S.C4H8/c1-3-24-19-18-7-5-4-6-17(18)16(13-21-19)12-14-8-10-15(11-9-14)20(22)23-2;1-4-2-3-4/h4-11,13H,3,12H2,1-2H3;4H,2-3H2,1H3. The number of hydrogen-bond acceptors (Lipinski definition) is 4. The molecule has 4 heteroatoms. The zero-order valence-electron chi connectivity index (χ0n) is 16.8. The van der Waals surface area contributed by atoms with E-state index in [9.17, 15) is 4.79 Å². The van der Waals surface area contributed by atoms with E-state index in [1.807, 2.05) is 18.3 Å². The number of carbonyl (C=O) groups excluding carboxylic acids is 1. The second-order valence-corrected chi connectivity index (χ2v) is 8.37. The average molecular weight is 394 g/mol. The minimum Gasteiger partial charge on any atom is -0.465 e. The summed E-state index contributed by atoms with van der Waals surface area (Å²) in [6, 6.07) is 15.9. The molecule has 146 valence electrons. The third-order valence-electron chi connectivity index (χ3n) is 4.76. The number of carbonyl (C=O) groups is 1. The summed E-state index contributed by atoms with van der Waals surface area (Å²) in [6.45, 7) is 4.41. The summed E-state index contributed by atoms with van der Waals surface area (Å²) in [4.78, 5) is 16.2. The lowest BCUT2D eigenvalue weighted by atomic mass is 10.0. The van der Waals surface area contributed by atoms with Crippen LogP contribution in [0.4, 0.5) is 0 Å². The van der Waals surface area contributed by atoms with Gasteiger partial charge in [-0.25, -0.2) is 9.78 Å². The smallest absolute Gasteiger partial charge is 0.337 e. The van der Waals surface area contributed by atoms with E-state index >= 15 is 0 Å². The maximum absolute atomic E-state index is 11.5. The van der Waals surface area contributed by atoms with Crippen LogP contribution in [0.3, 0.4) is 0 Å². The lowest BCUT2D eigenvalue weighted by Gasteiger charge is -2.10. The Hall–Kier alpha value is -2.33. The summed E-state index contributed by atoms with van der Waals surface area (Å²) in [5.41, 5.74) is 2.90. The lowest BCUT2D eigenvalue weighted by Crippen LogP contribution is -2.01. The van der Waals surface area contributed by atoms with Crippen LogP contribution in [0, 0.1) is 5.92 Å². The van der Waals surface area contributed by atoms with Gasteiger partial charge in [-0.2, -0.15) is 0 Å². The van der Waals surface area contributed by atoms with Crippen molar-refractivity contribution in [1.29, 1.82) is 0 Å². The van der Waals surface area contributed by atoms with Crippen LogP contribution in [0.25, 0.3) is 10.8 Å². The van der Waals surface area contributed by atoms with Crippen LogP contribution < -0.4 is 0 Å². The molecule has 0 bridgehead atoms. The Morgan fingerprint density at radius 3 is 2.32 bits per heavy atom. The first-order chi connectivity index (χ1) is 13.6. The van der Waals surface area contributed by atoms with Crippen molar-refractivity contribution in [2.45, 2.75) is 38.1 Å². The van der Waals surface area contributed by atoms with Gasteiger partial charge >= 0.3 is 5.97 Å². The fraction of sp³-hybridized carbons (Fsp3) is 0.333. The molecule has 4 rings (SSSR count). The number of rotatable bonds is 5. The molecule has 0 aliphatic heterocycles. The molecule has 2 aromatic carbocycles. The summed E-state index contributed by atoms with van der Waals surface area (Å²) in [5, 5.41) is 3.52. The van der Waals surface area contributed by atoms with E-state index in [1.54, 1.807) is 23.9 Å². The van der Waals surface area contributed by atoms with Gasteiger partial charge in [0.25, 0.3) is 0 Å². The highest BCUT2D eigenvalue weighted by Gasteiger charge is 2.12. The zero-order chi connectivity index (χ0) is 19.9. The topological polar surface area (TPSA) is 39.2 Å². The third kappa shape index (κ3) is 5.35. The van der Waals surface area contributed by atoms with Gasteiger partial charge in [0, 0.05) is 11.6 Å². The van der Waals surface area contributed by atoms with E-state index in [2.05, 4.69) is 43.1 Å². The molecule has 0 atom stereocenters. The molecule has 0 radical (unpaired) electrons. The molecule has 0 spiro atoms. The number of fused-ring (bicyclic) bond motifs is 1. The van der Waals surface area contributed by atoms with Crippen LogP contribution in [0.15, 0.2) is 59.8 Å². The Bertz CT molecular complexity index is 933. The normalized spacial score (nSPS) is 13.0. The Morgan fingerprint density at radius 1 is 1.11 bits per heavy atom. The van der Waals surface area contributed by atoms with Gasteiger partial charge in [0.1, 0.15) is 5.03 Å². The molecule has 0 N–H and O–H groups in total. The molecule has 28 heavy (non-hydrogen) atoms. The molecular formula is C24H27NO2S. The number of benzene rings is 2. The molecule has 0 saturated heterocycles. The molecule has 0 unspecified atom stereocenters. The van der Waals surface area contributed by atoms with Crippen LogP contribution in [0.2, 0.25) is 0 Å². The number of hydrogen-bond donors (Lipinski definition) is 0. The largest absolute Gasteiger partial charge is 0.465 e. The number of pyridine rings is 1. The fourth-order valence-electron chi connectivity index (χ4n) is 2.88.